The summed E-state index contributed by atoms with van der Waals surface area (Å²) in [5.41, 5.74) is 5.08. The van der Waals surface area contributed by atoms with Gasteiger partial charge in [-0.3, -0.25) is 0 Å². The molecule has 1 aromatic heterocycles. The lowest BCUT2D eigenvalue weighted by Crippen LogP contribution is -1.90. The molecule has 14 heavy (non-hydrogen) atoms. The topological polar surface area (TPSA) is 51.8 Å². The highest BCUT2D eigenvalue weighted by Gasteiger charge is 2.14. The van der Waals surface area contributed by atoms with Gasteiger partial charge in [0.1, 0.15) is 11.6 Å². The summed E-state index contributed by atoms with van der Waals surface area (Å²) in [6.45, 7) is 0. The van der Waals surface area contributed by atoms with E-state index < -0.39 is 11.6 Å². The van der Waals surface area contributed by atoms with Gasteiger partial charge in [-0.25, -0.2) is 8.78 Å². The molecule has 72 valence electrons. The van der Waals surface area contributed by atoms with Crippen LogP contribution in [0.4, 0.5) is 14.7 Å². The molecule has 0 radical (unpaired) electrons. The van der Waals surface area contributed by atoms with Gasteiger partial charge >= 0.3 is 0 Å². The van der Waals surface area contributed by atoms with Crippen molar-refractivity contribution in [2.24, 2.45) is 0 Å². The smallest absolute Gasteiger partial charge is 0.232 e. The van der Waals surface area contributed by atoms with E-state index in [1.54, 1.807) is 0 Å². The number of halogens is 2. The largest absolute Gasteiger partial charge is 0.367 e. The van der Waals surface area contributed by atoms with Gasteiger partial charge in [0.2, 0.25) is 5.95 Å². The summed E-state index contributed by atoms with van der Waals surface area (Å²) < 4.78 is 30.1. The van der Waals surface area contributed by atoms with Crippen LogP contribution in [0.5, 0.6) is 0 Å². The first-order valence-electron chi connectivity index (χ1n) is 3.72. The van der Waals surface area contributed by atoms with Crippen LogP contribution in [0.25, 0.3) is 10.6 Å². The fraction of sp³-hybridized carbons (Fsp3) is 0. The second kappa shape index (κ2) is 3.30. The standard InChI is InChI=1S/C8H5F2N3S/c9-4-2-1-3-5(10)6(4)7-12-8(11)13-14-7/h1-3H,(H2,11,13). The van der Waals surface area contributed by atoms with Crippen molar-refractivity contribution in [3.63, 3.8) is 0 Å². The molecule has 0 atom stereocenters. The van der Waals surface area contributed by atoms with Gasteiger partial charge in [0.05, 0.1) is 5.56 Å². The molecule has 0 aliphatic carbocycles. The molecule has 0 fully saturated rings. The molecule has 0 saturated heterocycles. The van der Waals surface area contributed by atoms with E-state index in [4.69, 9.17) is 5.73 Å². The van der Waals surface area contributed by atoms with Gasteiger partial charge in [0.25, 0.3) is 0 Å². The van der Waals surface area contributed by atoms with Crippen LogP contribution >= 0.6 is 11.5 Å². The molecule has 2 aromatic rings. The third-order valence-electron chi connectivity index (χ3n) is 1.62. The zero-order valence-corrected chi connectivity index (χ0v) is 7.68. The van der Waals surface area contributed by atoms with E-state index in [-0.39, 0.29) is 16.5 Å². The minimum atomic E-state index is -0.666. The highest BCUT2D eigenvalue weighted by molar-refractivity contribution is 7.09. The van der Waals surface area contributed by atoms with E-state index in [1.165, 1.54) is 6.07 Å². The van der Waals surface area contributed by atoms with Gasteiger partial charge in [0, 0.05) is 0 Å². The number of nitrogens with two attached hydrogens (primary N) is 1. The summed E-state index contributed by atoms with van der Waals surface area (Å²) in [7, 11) is 0. The molecule has 6 heteroatoms. The molecular weight excluding hydrogens is 208 g/mol. The number of hydrogen-bond acceptors (Lipinski definition) is 4. The van der Waals surface area contributed by atoms with E-state index in [1.807, 2.05) is 0 Å². The van der Waals surface area contributed by atoms with Crippen LogP contribution in [0.15, 0.2) is 18.2 Å². The van der Waals surface area contributed by atoms with Crippen LogP contribution in [0.3, 0.4) is 0 Å². The van der Waals surface area contributed by atoms with E-state index in [0.29, 0.717) is 0 Å². The summed E-state index contributed by atoms with van der Waals surface area (Å²) in [6.07, 6.45) is 0. The van der Waals surface area contributed by atoms with E-state index >= 15 is 0 Å². The van der Waals surface area contributed by atoms with Crippen molar-refractivity contribution in [2.45, 2.75) is 0 Å². The van der Waals surface area contributed by atoms with Gasteiger partial charge in [-0.2, -0.15) is 9.36 Å². The van der Waals surface area contributed by atoms with Gasteiger partial charge in [0.15, 0.2) is 5.01 Å². The van der Waals surface area contributed by atoms with Gasteiger partial charge in [-0.15, -0.1) is 0 Å². The average molecular weight is 213 g/mol. The fourth-order valence-electron chi connectivity index (χ4n) is 1.04. The first-order valence-corrected chi connectivity index (χ1v) is 4.49. The van der Waals surface area contributed by atoms with E-state index in [0.717, 1.165) is 23.7 Å². The average Bonchev–Trinajstić information content (AvgIpc) is 2.51. The molecule has 1 aromatic carbocycles. The normalized spacial score (nSPS) is 10.4. The molecule has 2 N–H and O–H groups in total. The molecule has 0 spiro atoms. The summed E-state index contributed by atoms with van der Waals surface area (Å²) in [5, 5.41) is 0.151. The third-order valence-corrected chi connectivity index (χ3v) is 2.37. The van der Waals surface area contributed by atoms with Crippen molar-refractivity contribution >= 4 is 17.5 Å². The Balaban J connectivity index is 2.61. The van der Waals surface area contributed by atoms with Crippen LogP contribution in [0.2, 0.25) is 0 Å². The van der Waals surface area contributed by atoms with Crippen LogP contribution < -0.4 is 5.73 Å². The van der Waals surface area contributed by atoms with E-state index in [9.17, 15) is 8.78 Å². The molecule has 0 unspecified atom stereocenters. The van der Waals surface area contributed by atoms with Crippen molar-refractivity contribution in [2.75, 3.05) is 5.73 Å². The van der Waals surface area contributed by atoms with Crippen molar-refractivity contribution in [3.8, 4) is 10.6 Å². The lowest BCUT2D eigenvalue weighted by molar-refractivity contribution is 0.589. The van der Waals surface area contributed by atoms with Crippen molar-refractivity contribution in [1.29, 1.82) is 0 Å². The Bertz CT molecular complexity index is 449. The van der Waals surface area contributed by atoms with Crippen molar-refractivity contribution in [3.05, 3.63) is 29.8 Å². The second-order valence-corrected chi connectivity index (χ2v) is 3.31. The molecule has 1 heterocycles. The number of aromatic nitrogens is 2. The molecule has 0 aliphatic rings. The van der Waals surface area contributed by atoms with Crippen molar-refractivity contribution in [1.82, 2.24) is 9.36 Å². The van der Waals surface area contributed by atoms with Crippen LogP contribution in [-0.4, -0.2) is 9.36 Å². The first-order chi connectivity index (χ1) is 6.68. The quantitative estimate of drug-likeness (QED) is 0.788. The minimum absolute atomic E-state index is 0.0210. The number of nitrogen functional groups attached to an aromatic ring is 1. The number of rotatable bonds is 1. The predicted octanol–water partition coefficient (Wildman–Crippen LogP) is 2.07. The molecule has 3 nitrogen and oxygen atoms in total. The number of anilines is 1. The second-order valence-electron chi connectivity index (χ2n) is 2.55. The van der Waals surface area contributed by atoms with E-state index in [2.05, 4.69) is 9.36 Å². The highest BCUT2D eigenvalue weighted by atomic mass is 32.1. The number of benzene rings is 1. The highest BCUT2D eigenvalue weighted by Crippen LogP contribution is 2.27. The fourth-order valence-corrected chi connectivity index (χ4v) is 1.68. The Morgan fingerprint density at radius 3 is 2.36 bits per heavy atom. The van der Waals surface area contributed by atoms with Gasteiger partial charge < -0.3 is 5.73 Å². The van der Waals surface area contributed by atoms with Gasteiger partial charge in [-0.1, -0.05) is 6.07 Å². The van der Waals surface area contributed by atoms with Gasteiger partial charge in [-0.05, 0) is 23.7 Å². The Hall–Kier alpha value is -1.56. The summed E-state index contributed by atoms with van der Waals surface area (Å²) in [5.74, 6) is -1.31. The summed E-state index contributed by atoms with van der Waals surface area (Å²) in [4.78, 5) is 3.71. The molecule has 0 aliphatic heterocycles. The van der Waals surface area contributed by atoms with Crippen LogP contribution in [0, 0.1) is 11.6 Å². The zero-order chi connectivity index (χ0) is 10.1. The maximum atomic E-state index is 13.2. The molecule has 0 amide bonds. The molecule has 0 saturated carbocycles. The predicted molar refractivity (Wildman–Crippen MR) is 49.7 cm³/mol. The molecule has 2 rings (SSSR count). The Morgan fingerprint density at radius 2 is 1.86 bits per heavy atom. The van der Waals surface area contributed by atoms with Crippen LogP contribution in [-0.2, 0) is 0 Å². The summed E-state index contributed by atoms with van der Waals surface area (Å²) in [6, 6.07) is 3.62. The SMILES string of the molecule is Nc1nsc(-c2c(F)cccc2F)n1. The lowest BCUT2D eigenvalue weighted by Gasteiger charge is -1.98. The monoisotopic (exact) mass is 213 g/mol. The Labute approximate surface area is 82.4 Å². The zero-order valence-electron chi connectivity index (χ0n) is 6.87. The minimum Gasteiger partial charge on any atom is -0.367 e. The molecular formula is C8H5F2N3S. The Morgan fingerprint density at radius 1 is 1.21 bits per heavy atom. The number of hydrogen-bond donors (Lipinski definition) is 1. The van der Waals surface area contributed by atoms with Crippen molar-refractivity contribution < 1.29 is 8.78 Å². The maximum absolute atomic E-state index is 13.2. The number of nitrogens with zero attached hydrogens (tertiary/aromatic N) is 2. The summed E-state index contributed by atoms with van der Waals surface area (Å²) >= 11 is 0.865. The third kappa shape index (κ3) is 1.44. The maximum Gasteiger partial charge on any atom is 0.232 e. The first kappa shape index (κ1) is 9.01. The Kier molecular flexibility index (Phi) is 2.12. The molecule has 0 bridgehead atoms. The lowest BCUT2D eigenvalue weighted by atomic mass is 10.2. The van der Waals surface area contributed by atoms with Crippen LogP contribution in [0.1, 0.15) is 0 Å².